The van der Waals surface area contributed by atoms with E-state index in [1.807, 2.05) is 4.90 Å². The number of nitrogens with two attached hydrogens (primary N) is 1. The van der Waals surface area contributed by atoms with Crippen LogP contribution in [0.3, 0.4) is 0 Å². The molecule has 2 aliphatic rings. The van der Waals surface area contributed by atoms with Gasteiger partial charge in [0.05, 0.1) is 37.3 Å². The van der Waals surface area contributed by atoms with Gasteiger partial charge in [0.15, 0.2) is 0 Å². The Morgan fingerprint density at radius 2 is 2.19 bits per heavy atom. The number of carbonyl (C=O) groups is 2. The Balaban J connectivity index is 1.68. The number of nitrogens with zero attached hydrogens (tertiary/aromatic N) is 3. The maximum absolute atomic E-state index is 14.7. The smallest absolute Gasteiger partial charge is 0.414 e. The predicted molar refractivity (Wildman–Crippen MR) is 97.7 cm³/mol. The lowest BCUT2D eigenvalue weighted by Gasteiger charge is -2.33. The fourth-order valence-electron chi connectivity index (χ4n) is 3.26. The van der Waals surface area contributed by atoms with Gasteiger partial charge in [0.25, 0.3) is 5.66 Å². The molecule has 2 saturated heterocycles. The summed E-state index contributed by atoms with van der Waals surface area (Å²) in [5.74, 6) is -0.654. The third kappa shape index (κ3) is 4.11. The van der Waals surface area contributed by atoms with Crippen molar-refractivity contribution in [3.8, 4) is 0 Å². The largest absolute Gasteiger partial charge is 0.442 e. The Morgan fingerprint density at radius 1 is 1.48 bits per heavy atom. The van der Waals surface area contributed by atoms with Crippen molar-refractivity contribution in [1.82, 2.24) is 5.32 Å². The third-order valence-electron chi connectivity index (χ3n) is 4.89. The maximum Gasteiger partial charge on any atom is 0.414 e. The lowest BCUT2D eigenvalue weighted by molar-refractivity contribution is -0.119. The molecule has 8 nitrogen and oxygen atoms in total. The molecular formula is C18H22FN5O3. The molecule has 27 heavy (non-hydrogen) atoms. The van der Waals surface area contributed by atoms with E-state index in [4.69, 9.17) is 17.0 Å². The first kappa shape index (κ1) is 18.9. The summed E-state index contributed by atoms with van der Waals surface area (Å²) in [7, 11) is 0. The van der Waals surface area contributed by atoms with Gasteiger partial charge in [0, 0.05) is 20.0 Å². The molecule has 2 fully saturated rings. The van der Waals surface area contributed by atoms with Crippen LogP contribution in [0, 0.1) is 12.4 Å². The Bertz CT molecular complexity index is 786. The first-order valence-electron chi connectivity index (χ1n) is 8.76. The highest BCUT2D eigenvalue weighted by atomic mass is 19.1. The molecule has 9 heteroatoms. The van der Waals surface area contributed by atoms with Crippen LogP contribution < -0.4 is 20.9 Å². The molecule has 2 amide bonds. The van der Waals surface area contributed by atoms with E-state index >= 15 is 0 Å². The van der Waals surface area contributed by atoms with E-state index in [-0.39, 0.29) is 19.0 Å². The number of rotatable bonds is 4. The number of cyclic esters (lactones) is 1. The number of benzene rings is 1. The molecule has 144 valence electrons. The molecule has 0 aromatic heterocycles. The molecule has 1 atom stereocenters. The van der Waals surface area contributed by atoms with Gasteiger partial charge in [-0.2, -0.15) is 0 Å². The minimum Gasteiger partial charge on any atom is -0.442 e. The second kappa shape index (κ2) is 7.40. The van der Waals surface area contributed by atoms with E-state index in [9.17, 15) is 14.0 Å². The van der Waals surface area contributed by atoms with Gasteiger partial charge >= 0.3 is 6.09 Å². The summed E-state index contributed by atoms with van der Waals surface area (Å²) in [6.07, 6.45) is -0.0972. The van der Waals surface area contributed by atoms with E-state index in [0.717, 1.165) is 0 Å². The average molecular weight is 375 g/mol. The summed E-state index contributed by atoms with van der Waals surface area (Å²) in [6, 6.07) is 4.59. The number of hydrogen-bond donors (Lipinski definition) is 2. The van der Waals surface area contributed by atoms with Crippen LogP contribution in [0.15, 0.2) is 18.2 Å². The fraction of sp³-hybridized carbons (Fsp3) is 0.500. The van der Waals surface area contributed by atoms with Crippen molar-refractivity contribution >= 4 is 23.4 Å². The van der Waals surface area contributed by atoms with Crippen molar-refractivity contribution in [2.24, 2.45) is 5.73 Å². The van der Waals surface area contributed by atoms with E-state index in [1.54, 1.807) is 12.1 Å². The van der Waals surface area contributed by atoms with Crippen LogP contribution in [0.1, 0.15) is 19.8 Å². The highest BCUT2D eigenvalue weighted by Crippen LogP contribution is 2.31. The summed E-state index contributed by atoms with van der Waals surface area (Å²) in [4.78, 5) is 29.7. The van der Waals surface area contributed by atoms with Gasteiger partial charge in [0.1, 0.15) is 11.9 Å². The van der Waals surface area contributed by atoms with E-state index in [0.29, 0.717) is 37.3 Å². The monoisotopic (exact) mass is 375 g/mol. The fourth-order valence-corrected chi connectivity index (χ4v) is 3.26. The first-order chi connectivity index (χ1) is 12.8. The van der Waals surface area contributed by atoms with Crippen LogP contribution in [0.25, 0.3) is 4.85 Å². The molecule has 0 aliphatic carbocycles. The SMILES string of the molecule is [C-]#[N+]C1(N)CCN(c2ccc(N3C[C@H](CNC(C)=O)OC3=O)cc2F)CC1. The highest BCUT2D eigenvalue weighted by Gasteiger charge is 2.37. The lowest BCUT2D eigenvalue weighted by atomic mass is 9.98. The van der Waals surface area contributed by atoms with Crippen molar-refractivity contribution in [2.45, 2.75) is 31.5 Å². The average Bonchev–Trinajstić information content (AvgIpc) is 3.02. The molecule has 0 saturated carbocycles. The third-order valence-corrected chi connectivity index (χ3v) is 4.89. The zero-order valence-electron chi connectivity index (χ0n) is 15.1. The molecule has 2 aliphatic heterocycles. The normalized spacial score (nSPS) is 21.6. The molecule has 1 aromatic carbocycles. The van der Waals surface area contributed by atoms with Gasteiger partial charge in [-0.05, 0) is 18.2 Å². The van der Waals surface area contributed by atoms with Crippen LogP contribution >= 0.6 is 0 Å². The highest BCUT2D eigenvalue weighted by molar-refractivity contribution is 5.90. The molecule has 0 radical (unpaired) electrons. The van der Waals surface area contributed by atoms with Crippen LogP contribution in [-0.4, -0.2) is 49.9 Å². The van der Waals surface area contributed by atoms with Crippen molar-refractivity contribution < 1.29 is 18.7 Å². The zero-order chi connectivity index (χ0) is 19.6. The number of halogens is 1. The summed E-state index contributed by atoms with van der Waals surface area (Å²) >= 11 is 0. The Morgan fingerprint density at radius 3 is 2.78 bits per heavy atom. The zero-order valence-corrected chi connectivity index (χ0v) is 15.1. The lowest BCUT2D eigenvalue weighted by Crippen LogP contribution is -2.48. The molecule has 0 unspecified atom stereocenters. The van der Waals surface area contributed by atoms with Crippen molar-refractivity contribution in [3.05, 3.63) is 35.4 Å². The predicted octanol–water partition coefficient (Wildman–Crippen LogP) is 1.46. The van der Waals surface area contributed by atoms with E-state index in [2.05, 4.69) is 10.2 Å². The standard InChI is InChI=1S/C18H22FN5O3/c1-12(25)22-10-14-11-24(17(26)27-14)13-3-4-16(15(19)9-13)23-7-5-18(20,21-2)6-8-23/h3-4,9,14H,5-8,10-11,20H2,1H3,(H,22,25)/t14-/m0/s1. The minimum atomic E-state index is -0.866. The maximum atomic E-state index is 14.7. The van der Waals surface area contributed by atoms with Crippen LogP contribution in [0.2, 0.25) is 0 Å². The summed E-state index contributed by atoms with van der Waals surface area (Å²) in [5.41, 5.74) is 5.92. The number of ether oxygens (including phenoxy) is 1. The van der Waals surface area contributed by atoms with Gasteiger partial charge < -0.3 is 15.0 Å². The molecule has 3 rings (SSSR count). The van der Waals surface area contributed by atoms with Gasteiger partial charge in [-0.25, -0.2) is 15.8 Å². The minimum absolute atomic E-state index is 0.207. The van der Waals surface area contributed by atoms with E-state index in [1.165, 1.54) is 17.9 Å². The molecule has 0 spiro atoms. The number of piperidine rings is 1. The van der Waals surface area contributed by atoms with Crippen LogP contribution in [0.5, 0.6) is 0 Å². The van der Waals surface area contributed by atoms with Crippen LogP contribution in [0.4, 0.5) is 20.6 Å². The van der Waals surface area contributed by atoms with Crippen molar-refractivity contribution in [1.29, 1.82) is 0 Å². The Labute approximate surface area is 156 Å². The molecule has 3 N–H and O–H groups in total. The quantitative estimate of drug-likeness (QED) is 0.778. The summed E-state index contributed by atoms with van der Waals surface area (Å²) in [6.45, 7) is 9.99. The van der Waals surface area contributed by atoms with Gasteiger partial charge in [-0.3, -0.25) is 20.3 Å². The van der Waals surface area contributed by atoms with Crippen molar-refractivity contribution in [3.63, 3.8) is 0 Å². The second-order valence-corrected chi connectivity index (χ2v) is 6.89. The summed E-state index contributed by atoms with van der Waals surface area (Å²) < 4.78 is 19.9. The number of hydrogen-bond acceptors (Lipinski definition) is 5. The number of carbonyl (C=O) groups excluding carboxylic acids is 2. The van der Waals surface area contributed by atoms with Gasteiger partial charge in [-0.1, -0.05) is 0 Å². The van der Waals surface area contributed by atoms with Gasteiger partial charge in [-0.15, -0.1) is 0 Å². The first-order valence-corrected chi connectivity index (χ1v) is 8.76. The second-order valence-electron chi connectivity index (χ2n) is 6.89. The van der Waals surface area contributed by atoms with Crippen LogP contribution in [-0.2, 0) is 9.53 Å². The Hall–Kier alpha value is -2.86. The van der Waals surface area contributed by atoms with E-state index < -0.39 is 23.7 Å². The summed E-state index contributed by atoms with van der Waals surface area (Å²) in [5, 5.41) is 2.60. The number of nitrogens with one attached hydrogen (secondary N) is 1. The topological polar surface area (TPSA) is 92.3 Å². The molecule has 2 heterocycles. The van der Waals surface area contributed by atoms with Crippen molar-refractivity contribution in [2.75, 3.05) is 36.0 Å². The Kier molecular flexibility index (Phi) is 5.19. The molecule has 0 bridgehead atoms. The number of anilines is 2. The molecule has 1 aromatic rings. The number of amides is 2. The van der Waals surface area contributed by atoms with Gasteiger partial charge in [0.2, 0.25) is 5.91 Å². The molecular weight excluding hydrogens is 353 g/mol.